The monoisotopic (exact) mass is 250 g/mol. The van der Waals surface area contributed by atoms with E-state index in [1.54, 1.807) is 0 Å². The minimum Gasteiger partial charge on any atom is -0.370 e. The average molecular weight is 250 g/mol. The van der Waals surface area contributed by atoms with Gasteiger partial charge in [-0.1, -0.05) is 31.2 Å². The van der Waals surface area contributed by atoms with Crippen molar-refractivity contribution in [1.29, 1.82) is 5.26 Å². The van der Waals surface area contributed by atoms with Gasteiger partial charge in [-0.2, -0.15) is 5.26 Å². The molecule has 0 spiro atoms. The predicted molar refractivity (Wildman–Crippen MR) is 79.1 cm³/mol. The van der Waals surface area contributed by atoms with Crippen LogP contribution in [0.3, 0.4) is 0 Å². The molecule has 96 valence electrons. The molecule has 0 saturated carbocycles. The fourth-order valence-corrected chi connectivity index (χ4v) is 2.04. The molecule has 0 aliphatic rings. The van der Waals surface area contributed by atoms with Crippen LogP contribution in [0.25, 0.3) is 0 Å². The van der Waals surface area contributed by atoms with E-state index in [9.17, 15) is 0 Å². The van der Waals surface area contributed by atoms with E-state index in [4.69, 9.17) is 5.26 Å². The fourth-order valence-electron chi connectivity index (χ4n) is 2.04. The number of nitriles is 1. The second-order valence-electron chi connectivity index (χ2n) is 4.68. The summed E-state index contributed by atoms with van der Waals surface area (Å²) in [6, 6.07) is 18.5. The Hall–Kier alpha value is -2.27. The van der Waals surface area contributed by atoms with Gasteiger partial charge in [-0.05, 0) is 41.8 Å². The molecule has 2 heteroatoms. The third kappa shape index (κ3) is 3.35. The van der Waals surface area contributed by atoms with E-state index in [0.717, 1.165) is 13.0 Å². The Morgan fingerprint density at radius 2 is 1.53 bits per heavy atom. The van der Waals surface area contributed by atoms with Gasteiger partial charge in [0.25, 0.3) is 0 Å². The lowest BCUT2D eigenvalue weighted by Crippen LogP contribution is -2.16. The number of aryl methyl sites for hydroxylation is 1. The summed E-state index contributed by atoms with van der Waals surface area (Å²) in [7, 11) is 2.08. The van der Waals surface area contributed by atoms with Crippen molar-refractivity contribution in [3.8, 4) is 6.07 Å². The summed E-state index contributed by atoms with van der Waals surface area (Å²) in [4.78, 5) is 2.21. The van der Waals surface area contributed by atoms with Gasteiger partial charge in [0, 0.05) is 19.3 Å². The van der Waals surface area contributed by atoms with Crippen molar-refractivity contribution < 1.29 is 0 Å². The van der Waals surface area contributed by atoms with Crippen LogP contribution in [0.15, 0.2) is 48.5 Å². The van der Waals surface area contributed by atoms with Gasteiger partial charge in [-0.25, -0.2) is 0 Å². The Kier molecular flexibility index (Phi) is 4.20. The third-order valence-electron chi connectivity index (χ3n) is 3.29. The molecule has 0 aromatic heterocycles. The Morgan fingerprint density at radius 1 is 0.947 bits per heavy atom. The van der Waals surface area contributed by atoms with Crippen molar-refractivity contribution in [3.63, 3.8) is 0 Å². The predicted octanol–water partition coefficient (Wildman–Crippen LogP) is 3.76. The van der Waals surface area contributed by atoms with Crippen LogP contribution >= 0.6 is 0 Å². The third-order valence-corrected chi connectivity index (χ3v) is 3.29. The highest BCUT2D eigenvalue weighted by atomic mass is 15.1. The molecule has 0 atom stereocenters. The first-order valence-corrected chi connectivity index (χ1v) is 6.52. The summed E-state index contributed by atoms with van der Waals surface area (Å²) in [6.45, 7) is 3.01. The van der Waals surface area contributed by atoms with E-state index in [1.807, 2.05) is 24.3 Å². The maximum atomic E-state index is 8.78. The maximum absolute atomic E-state index is 8.78. The molecule has 0 radical (unpaired) electrons. The van der Waals surface area contributed by atoms with Crippen LogP contribution in [-0.2, 0) is 13.0 Å². The normalized spacial score (nSPS) is 9.95. The number of benzene rings is 2. The second kappa shape index (κ2) is 6.06. The van der Waals surface area contributed by atoms with Crippen LogP contribution in [-0.4, -0.2) is 7.05 Å². The SMILES string of the molecule is CCc1ccc(N(C)Cc2ccc(C#N)cc2)cc1. The van der Waals surface area contributed by atoms with Gasteiger partial charge in [0.1, 0.15) is 0 Å². The molecule has 0 aliphatic carbocycles. The Bertz CT molecular complexity index is 562. The van der Waals surface area contributed by atoms with Crippen molar-refractivity contribution in [2.24, 2.45) is 0 Å². The highest BCUT2D eigenvalue weighted by molar-refractivity contribution is 5.47. The highest BCUT2D eigenvalue weighted by Gasteiger charge is 2.02. The molecule has 19 heavy (non-hydrogen) atoms. The molecule has 2 aromatic carbocycles. The molecule has 0 unspecified atom stereocenters. The van der Waals surface area contributed by atoms with Crippen LogP contribution in [0.4, 0.5) is 5.69 Å². The van der Waals surface area contributed by atoms with Crippen molar-refractivity contribution in [3.05, 3.63) is 65.2 Å². The standard InChI is InChI=1S/C17H18N2/c1-3-14-8-10-17(11-9-14)19(2)13-16-6-4-15(12-18)5-7-16/h4-11H,3,13H2,1-2H3. The minimum absolute atomic E-state index is 0.707. The Balaban J connectivity index is 2.06. The van der Waals surface area contributed by atoms with Crippen molar-refractivity contribution >= 4 is 5.69 Å². The van der Waals surface area contributed by atoms with Gasteiger partial charge in [0.05, 0.1) is 11.6 Å². The summed E-state index contributed by atoms with van der Waals surface area (Å²) in [5.74, 6) is 0. The quantitative estimate of drug-likeness (QED) is 0.826. The molecule has 0 heterocycles. The van der Waals surface area contributed by atoms with Crippen LogP contribution in [0.1, 0.15) is 23.6 Å². The first-order chi connectivity index (χ1) is 9.22. The summed E-state index contributed by atoms with van der Waals surface area (Å²) in [5, 5.41) is 8.78. The second-order valence-corrected chi connectivity index (χ2v) is 4.68. The van der Waals surface area contributed by atoms with Gasteiger partial charge in [0.2, 0.25) is 0 Å². The molecular formula is C17H18N2. The molecule has 0 saturated heterocycles. The van der Waals surface area contributed by atoms with Crippen molar-refractivity contribution in [2.75, 3.05) is 11.9 Å². The van der Waals surface area contributed by atoms with Gasteiger partial charge in [0.15, 0.2) is 0 Å². The number of hydrogen-bond donors (Lipinski definition) is 0. The molecule has 2 rings (SSSR count). The number of hydrogen-bond acceptors (Lipinski definition) is 2. The molecule has 0 aliphatic heterocycles. The summed E-state index contributed by atoms with van der Waals surface area (Å²) < 4.78 is 0. The summed E-state index contributed by atoms with van der Waals surface area (Å²) in [5.41, 5.74) is 4.48. The van der Waals surface area contributed by atoms with E-state index in [-0.39, 0.29) is 0 Å². The topological polar surface area (TPSA) is 27.0 Å². The van der Waals surface area contributed by atoms with Crippen LogP contribution in [0, 0.1) is 11.3 Å². The number of anilines is 1. The lowest BCUT2D eigenvalue weighted by atomic mass is 10.1. The van der Waals surface area contributed by atoms with Crippen LogP contribution < -0.4 is 4.90 Å². The van der Waals surface area contributed by atoms with Crippen molar-refractivity contribution in [1.82, 2.24) is 0 Å². The first kappa shape index (κ1) is 13.2. The molecule has 2 aromatic rings. The van der Waals surface area contributed by atoms with Crippen LogP contribution in [0.2, 0.25) is 0 Å². The highest BCUT2D eigenvalue weighted by Crippen LogP contribution is 2.17. The Morgan fingerprint density at radius 3 is 2.05 bits per heavy atom. The first-order valence-electron chi connectivity index (χ1n) is 6.52. The summed E-state index contributed by atoms with van der Waals surface area (Å²) >= 11 is 0. The molecule has 0 N–H and O–H groups in total. The zero-order valence-corrected chi connectivity index (χ0v) is 11.4. The number of rotatable bonds is 4. The molecule has 0 bridgehead atoms. The van der Waals surface area contributed by atoms with Gasteiger partial charge in [-0.15, -0.1) is 0 Å². The smallest absolute Gasteiger partial charge is 0.0991 e. The Labute approximate surface area is 114 Å². The lowest BCUT2D eigenvalue weighted by Gasteiger charge is -2.19. The minimum atomic E-state index is 0.707. The summed E-state index contributed by atoms with van der Waals surface area (Å²) in [6.07, 6.45) is 1.07. The van der Waals surface area contributed by atoms with E-state index >= 15 is 0 Å². The fraction of sp³-hybridized carbons (Fsp3) is 0.235. The molecule has 0 amide bonds. The zero-order valence-electron chi connectivity index (χ0n) is 11.4. The van der Waals surface area contributed by atoms with E-state index in [0.29, 0.717) is 5.56 Å². The van der Waals surface area contributed by atoms with Crippen LogP contribution in [0.5, 0.6) is 0 Å². The largest absolute Gasteiger partial charge is 0.370 e. The van der Waals surface area contributed by atoms with Gasteiger partial charge in [-0.3, -0.25) is 0 Å². The zero-order chi connectivity index (χ0) is 13.7. The van der Waals surface area contributed by atoms with Gasteiger partial charge >= 0.3 is 0 Å². The molecule has 0 fully saturated rings. The van der Waals surface area contributed by atoms with Crippen molar-refractivity contribution in [2.45, 2.75) is 19.9 Å². The average Bonchev–Trinajstić information content (AvgIpc) is 2.48. The van der Waals surface area contributed by atoms with E-state index in [2.05, 4.69) is 49.2 Å². The molecular weight excluding hydrogens is 232 g/mol. The molecule has 2 nitrogen and oxygen atoms in total. The van der Waals surface area contributed by atoms with E-state index < -0.39 is 0 Å². The van der Waals surface area contributed by atoms with E-state index in [1.165, 1.54) is 16.8 Å². The number of nitrogens with zero attached hydrogens (tertiary/aromatic N) is 2. The lowest BCUT2D eigenvalue weighted by molar-refractivity contribution is 0.921. The van der Waals surface area contributed by atoms with Gasteiger partial charge < -0.3 is 4.90 Å². The maximum Gasteiger partial charge on any atom is 0.0991 e.